The van der Waals surface area contributed by atoms with Gasteiger partial charge in [-0.15, -0.1) is 0 Å². The van der Waals surface area contributed by atoms with Crippen LogP contribution in [0.25, 0.3) is 17.1 Å². The zero-order chi connectivity index (χ0) is 19.5. The average molecular weight is 368 g/mol. The summed E-state index contributed by atoms with van der Waals surface area (Å²) in [6.07, 6.45) is 0. The van der Waals surface area contributed by atoms with E-state index in [0.717, 1.165) is 34.0 Å². The normalized spacial score (nSPS) is 10.8. The van der Waals surface area contributed by atoms with E-state index in [-0.39, 0.29) is 0 Å². The fraction of sp³-hybridized carbons (Fsp3) is 0.160. The molecule has 0 atom stereocenters. The second-order valence-electron chi connectivity index (χ2n) is 7.08. The summed E-state index contributed by atoms with van der Waals surface area (Å²) < 4.78 is 8.13. The third kappa shape index (κ3) is 3.70. The van der Waals surface area contributed by atoms with Crippen LogP contribution < -0.4 is 4.74 Å². The van der Waals surface area contributed by atoms with Crippen LogP contribution in [0.15, 0.2) is 78.9 Å². The maximum Gasteiger partial charge on any atom is 0.137 e. The first-order valence-corrected chi connectivity index (χ1v) is 9.52. The summed E-state index contributed by atoms with van der Waals surface area (Å²) in [6, 6.07) is 26.8. The first-order valence-electron chi connectivity index (χ1n) is 9.52. The second-order valence-corrected chi connectivity index (χ2v) is 7.08. The molecule has 4 aromatic rings. The Morgan fingerprint density at radius 3 is 2.25 bits per heavy atom. The minimum atomic E-state index is 0.569. The molecule has 0 unspecified atom stereocenters. The highest BCUT2D eigenvalue weighted by atomic mass is 16.5. The molecule has 0 saturated heterocycles. The van der Waals surface area contributed by atoms with Gasteiger partial charge in [0.1, 0.15) is 18.2 Å². The summed E-state index contributed by atoms with van der Waals surface area (Å²) in [7, 11) is 0. The number of nitrogens with zero attached hydrogens (tertiary/aromatic N) is 2. The lowest BCUT2D eigenvalue weighted by Gasteiger charge is -2.13. The van der Waals surface area contributed by atoms with Gasteiger partial charge >= 0.3 is 0 Å². The molecule has 0 aliphatic carbocycles. The van der Waals surface area contributed by atoms with Crippen LogP contribution in [-0.4, -0.2) is 9.55 Å². The number of rotatable bonds is 5. The van der Waals surface area contributed by atoms with E-state index in [1.54, 1.807) is 0 Å². The molecule has 0 N–H and O–H groups in total. The number of pyridine rings is 1. The maximum atomic E-state index is 5.95. The molecule has 28 heavy (non-hydrogen) atoms. The zero-order valence-corrected chi connectivity index (χ0v) is 16.5. The molecule has 0 fully saturated rings. The molecule has 0 spiro atoms. The van der Waals surface area contributed by atoms with Gasteiger partial charge in [0, 0.05) is 17.0 Å². The third-order valence-electron chi connectivity index (χ3n) is 4.96. The van der Waals surface area contributed by atoms with Crippen molar-refractivity contribution in [3.8, 4) is 22.8 Å². The van der Waals surface area contributed by atoms with Crippen molar-refractivity contribution in [3.63, 3.8) is 0 Å². The van der Waals surface area contributed by atoms with Gasteiger partial charge in [-0.3, -0.25) is 0 Å². The minimum absolute atomic E-state index is 0.569. The Morgan fingerprint density at radius 2 is 1.54 bits per heavy atom. The molecule has 0 aliphatic rings. The fourth-order valence-corrected chi connectivity index (χ4v) is 3.48. The van der Waals surface area contributed by atoms with Crippen LogP contribution in [0.5, 0.6) is 5.75 Å². The largest absolute Gasteiger partial charge is 0.489 e. The quantitative estimate of drug-likeness (QED) is 0.429. The number of hydrogen-bond donors (Lipinski definition) is 0. The Bertz CT molecular complexity index is 1080. The Morgan fingerprint density at radius 1 is 0.786 bits per heavy atom. The molecule has 0 radical (unpaired) electrons. The number of hydrogen-bond acceptors (Lipinski definition) is 2. The van der Waals surface area contributed by atoms with Gasteiger partial charge in [0.05, 0.1) is 5.69 Å². The van der Waals surface area contributed by atoms with Crippen molar-refractivity contribution in [2.75, 3.05) is 0 Å². The lowest BCUT2D eigenvalue weighted by atomic mass is 10.0. The Kier molecular flexibility index (Phi) is 4.98. The predicted molar refractivity (Wildman–Crippen MR) is 114 cm³/mol. The van der Waals surface area contributed by atoms with Crippen molar-refractivity contribution in [2.24, 2.45) is 0 Å². The van der Waals surface area contributed by atoms with Gasteiger partial charge in [-0.1, -0.05) is 36.4 Å². The molecule has 140 valence electrons. The van der Waals surface area contributed by atoms with Crippen molar-refractivity contribution in [1.82, 2.24) is 9.55 Å². The predicted octanol–water partition coefficient (Wildman–Crippen LogP) is 6.04. The van der Waals surface area contributed by atoms with Crippen LogP contribution in [0.4, 0.5) is 0 Å². The molecule has 2 aromatic carbocycles. The Balaban J connectivity index is 1.59. The summed E-state index contributed by atoms with van der Waals surface area (Å²) in [4.78, 5) is 4.91. The topological polar surface area (TPSA) is 27.1 Å². The van der Waals surface area contributed by atoms with Crippen LogP contribution in [0.2, 0.25) is 0 Å². The monoisotopic (exact) mass is 368 g/mol. The lowest BCUT2D eigenvalue weighted by Crippen LogP contribution is -2.02. The molecule has 0 aliphatic heterocycles. The van der Waals surface area contributed by atoms with Crippen molar-refractivity contribution in [3.05, 3.63) is 101 Å². The van der Waals surface area contributed by atoms with E-state index in [4.69, 9.17) is 9.72 Å². The average Bonchev–Trinajstić information content (AvgIpc) is 3.05. The summed E-state index contributed by atoms with van der Waals surface area (Å²) >= 11 is 0. The smallest absolute Gasteiger partial charge is 0.137 e. The Labute approximate surface area is 166 Å². The fourth-order valence-electron chi connectivity index (χ4n) is 3.48. The van der Waals surface area contributed by atoms with E-state index < -0.39 is 0 Å². The van der Waals surface area contributed by atoms with Crippen LogP contribution in [0, 0.1) is 20.8 Å². The van der Waals surface area contributed by atoms with E-state index in [0.29, 0.717) is 6.61 Å². The van der Waals surface area contributed by atoms with E-state index in [1.807, 2.05) is 24.3 Å². The SMILES string of the molecule is Cc1cc(OCc2ccccc2)ccc1-c1cccc(-n2c(C)ccc2C)n1. The number of aromatic nitrogens is 2. The van der Waals surface area contributed by atoms with Crippen LogP contribution in [0.3, 0.4) is 0 Å². The summed E-state index contributed by atoms with van der Waals surface area (Å²) in [6.45, 7) is 6.88. The first-order chi connectivity index (χ1) is 13.6. The Hall–Kier alpha value is -3.33. The van der Waals surface area contributed by atoms with Crippen molar-refractivity contribution >= 4 is 0 Å². The molecule has 3 nitrogen and oxygen atoms in total. The third-order valence-corrected chi connectivity index (χ3v) is 4.96. The molecule has 0 bridgehead atoms. The van der Waals surface area contributed by atoms with E-state index in [9.17, 15) is 0 Å². The van der Waals surface area contributed by atoms with Crippen LogP contribution in [-0.2, 0) is 6.61 Å². The van der Waals surface area contributed by atoms with Gasteiger partial charge in [0.2, 0.25) is 0 Å². The molecule has 3 heteroatoms. The minimum Gasteiger partial charge on any atom is -0.489 e. The van der Waals surface area contributed by atoms with Crippen LogP contribution >= 0.6 is 0 Å². The highest BCUT2D eigenvalue weighted by molar-refractivity contribution is 5.65. The van der Waals surface area contributed by atoms with Gasteiger partial charge in [0.25, 0.3) is 0 Å². The van der Waals surface area contributed by atoms with Gasteiger partial charge in [-0.05, 0) is 74.4 Å². The summed E-state index contributed by atoms with van der Waals surface area (Å²) in [5, 5.41) is 0. The van der Waals surface area contributed by atoms with Crippen molar-refractivity contribution in [1.29, 1.82) is 0 Å². The highest BCUT2D eigenvalue weighted by Gasteiger charge is 2.09. The lowest BCUT2D eigenvalue weighted by molar-refractivity contribution is 0.306. The van der Waals surface area contributed by atoms with E-state index in [1.165, 1.54) is 11.4 Å². The standard InChI is InChI=1S/C25H24N2O/c1-18-16-22(28-17-21-8-5-4-6-9-21)14-15-23(18)24-10-7-11-25(26-24)27-19(2)12-13-20(27)3/h4-16H,17H2,1-3H3. The van der Waals surface area contributed by atoms with Gasteiger partial charge in [-0.25, -0.2) is 4.98 Å². The molecule has 4 rings (SSSR count). The van der Waals surface area contributed by atoms with Crippen LogP contribution in [0.1, 0.15) is 22.5 Å². The zero-order valence-electron chi connectivity index (χ0n) is 16.5. The van der Waals surface area contributed by atoms with E-state index in [2.05, 4.69) is 79.9 Å². The molecule has 0 saturated carbocycles. The maximum absolute atomic E-state index is 5.95. The summed E-state index contributed by atoms with van der Waals surface area (Å²) in [5.74, 6) is 1.82. The van der Waals surface area contributed by atoms with E-state index >= 15 is 0 Å². The van der Waals surface area contributed by atoms with Gasteiger partial charge in [0.15, 0.2) is 0 Å². The number of ether oxygens (including phenoxy) is 1. The second kappa shape index (κ2) is 7.73. The van der Waals surface area contributed by atoms with Gasteiger partial charge in [-0.2, -0.15) is 0 Å². The highest BCUT2D eigenvalue weighted by Crippen LogP contribution is 2.27. The molecule has 2 aromatic heterocycles. The number of aryl methyl sites for hydroxylation is 3. The molecular formula is C25H24N2O. The van der Waals surface area contributed by atoms with Crippen molar-refractivity contribution in [2.45, 2.75) is 27.4 Å². The molecular weight excluding hydrogens is 344 g/mol. The first kappa shape index (κ1) is 18.1. The van der Waals surface area contributed by atoms with Crippen molar-refractivity contribution < 1.29 is 4.74 Å². The molecule has 0 amide bonds. The number of benzene rings is 2. The molecule has 2 heterocycles. The summed E-state index contributed by atoms with van der Waals surface area (Å²) in [5.41, 5.74) is 6.77. The van der Waals surface area contributed by atoms with Gasteiger partial charge < -0.3 is 9.30 Å².